The maximum absolute atomic E-state index is 5.44. The van der Waals surface area contributed by atoms with Crippen LogP contribution in [-0.2, 0) is 6.42 Å². The van der Waals surface area contributed by atoms with Crippen LogP contribution in [0.2, 0.25) is 0 Å². The smallest absolute Gasteiger partial charge is 0.161 e. The Bertz CT molecular complexity index is 701. The number of methoxy groups -OCH3 is 2. The van der Waals surface area contributed by atoms with Gasteiger partial charge in [0.15, 0.2) is 11.5 Å². The molecule has 0 bridgehead atoms. The highest BCUT2D eigenvalue weighted by atomic mass is 16.5. The number of hydrogen-bond donors (Lipinski definition) is 2. The Morgan fingerprint density at radius 3 is 2.50 bits per heavy atom. The van der Waals surface area contributed by atoms with E-state index in [-0.39, 0.29) is 6.04 Å². The molecule has 3 unspecified atom stereocenters. The Balaban J connectivity index is 1.66. The molecular formula is C18H20N2O2. The summed E-state index contributed by atoms with van der Waals surface area (Å²) >= 11 is 0. The fraction of sp³-hybridized carbons (Fsp3) is 0.333. The van der Waals surface area contributed by atoms with Crippen molar-refractivity contribution in [3.05, 3.63) is 59.2 Å². The van der Waals surface area contributed by atoms with Gasteiger partial charge in [-0.2, -0.15) is 0 Å². The van der Waals surface area contributed by atoms with Gasteiger partial charge in [0.05, 0.1) is 26.3 Å². The lowest BCUT2D eigenvalue weighted by Gasteiger charge is -2.19. The summed E-state index contributed by atoms with van der Waals surface area (Å²) in [5, 5.41) is 0. The molecule has 1 fully saturated rings. The lowest BCUT2D eigenvalue weighted by Crippen LogP contribution is -2.27. The Hall–Kier alpha value is -2.04. The highest BCUT2D eigenvalue weighted by Crippen LogP contribution is 2.46. The average Bonchev–Trinajstić information content (AvgIpc) is 3.13. The van der Waals surface area contributed by atoms with Gasteiger partial charge in [0, 0.05) is 5.92 Å². The highest BCUT2D eigenvalue weighted by molar-refractivity contribution is 5.45. The monoisotopic (exact) mass is 296 g/mol. The van der Waals surface area contributed by atoms with E-state index in [1.54, 1.807) is 14.2 Å². The zero-order chi connectivity index (χ0) is 15.1. The molecule has 4 rings (SSSR count). The molecule has 0 aromatic heterocycles. The zero-order valence-electron chi connectivity index (χ0n) is 12.8. The molecule has 2 aromatic rings. The van der Waals surface area contributed by atoms with Crippen molar-refractivity contribution in [2.24, 2.45) is 5.92 Å². The number of nitrogens with one attached hydrogen (secondary N) is 2. The molecule has 0 radical (unpaired) electrons. The minimum Gasteiger partial charge on any atom is -0.493 e. The second-order valence-electron chi connectivity index (χ2n) is 5.93. The van der Waals surface area contributed by atoms with Crippen LogP contribution in [0.15, 0.2) is 42.5 Å². The van der Waals surface area contributed by atoms with E-state index in [4.69, 9.17) is 9.47 Å². The number of rotatable bonds is 3. The minimum atomic E-state index is 0.275. The van der Waals surface area contributed by atoms with E-state index in [1.165, 1.54) is 16.7 Å². The van der Waals surface area contributed by atoms with Gasteiger partial charge in [-0.15, -0.1) is 0 Å². The summed E-state index contributed by atoms with van der Waals surface area (Å²) in [5.41, 5.74) is 11.0. The van der Waals surface area contributed by atoms with Gasteiger partial charge in [-0.25, -0.2) is 10.9 Å². The van der Waals surface area contributed by atoms with E-state index in [1.807, 2.05) is 6.07 Å². The molecule has 1 aliphatic heterocycles. The first-order chi connectivity index (χ1) is 10.8. The van der Waals surface area contributed by atoms with Crippen LogP contribution in [-0.4, -0.2) is 14.2 Å². The number of benzene rings is 2. The first-order valence-corrected chi connectivity index (χ1v) is 7.62. The van der Waals surface area contributed by atoms with Gasteiger partial charge < -0.3 is 9.47 Å². The SMILES string of the molecule is COc1ccc(C2NNC3c4ccccc4CC23)cc1OC. The molecule has 2 aromatic carbocycles. The van der Waals surface area contributed by atoms with Crippen molar-refractivity contribution in [3.63, 3.8) is 0 Å². The minimum absolute atomic E-state index is 0.275. The first kappa shape index (κ1) is 13.6. The molecule has 1 aliphatic carbocycles. The van der Waals surface area contributed by atoms with E-state index in [0.717, 1.165) is 17.9 Å². The number of fused-ring (bicyclic) bond motifs is 3. The van der Waals surface area contributed by atoms with Crippen molar-refractivity contribution in [2.45, 2.75) is 18.5 Å². The summed E-state index contributed by atoms with van der Waals surface area (Å²) < 4.78 is 10.8. The van der Waals surface area contributed by atoms with E-state index in [2.05, 4.69) is 47.2 Å². The third kappa shape index (κ3) is 1.99. The molecule has 2 N–H and O–H groups in total. The molecule has 4 heteroatoms. The zero-order valence-corrected chi connectivity index (χ0v) is 12.8. The van der Waals surface area contributed by atoms with Gasteiger partial charge in [-0.05, 0) is 35.2 Å². The molecule has 114 valence electrons. The van der Waals surface area contributed by atoms with Crippen LogP contribution in [0.25, 0.3) is 0 Å². The largest absolute Gasteiger partial charge is 0.493 e. The second kappa shape index (κ2) is 5.30. The van der Waals surface area contributed by atoms with Gasteiger partial charge >= 0.3 is 0 Å². The van der Waals surface area contributed by atoms with Crippen LogP contribution in [0.4, 0.5) is 0 Å². The van der Waals surface area contributed by atoms with Gasteiger partial charge in [0.25, 0.3) is 0 Å². The quantitative estimate of drug-likeness (QED) is 0.914. The Morgan fingerprint density at radius 2 is 1.68 bits per heavy atom. The lowest BCUT2D eigenvalue weighted by molar-refractivity contribution is 0.353. The van der Waals surface area contributed by atoms with Crippen molar-refractivity contribution in [1.82, 2.24) is 10.9 Å². The van der Waals surface area contributed by atoms with Crippen molar-refractivity contribution < 1.29 is 9.47 Å². The van der Waals surface area contributed by atoms with E-state index >= 15 is 0 Å². The topological polar surface area (TPSA) is 42.5 Å². The summed E-state index contributed by atoms with van der Waals surface area (Å²) in [4.78, 5) is 0. The summed E-state index contributed by atoms with van der Waals surface area (Å²) in [6, 6.07) is 15.5. The Kier molecular flexibility index (Phi) is 3.28. The highest BCUT2D eigenvalue weighted by Gasteiger charge is 2.42. The molecule has 1 heterocycles. The standard InChI is InChI=1S/C18H20N2O2/c1-21-15-8-7-12(10-16(15)22-2)17-14-9-11-5-3-4-6-13(11)18(14)20-19-17/h3-8,10,14,17-20H,9H2,1-2H3. The van der Waals surface area contributed by atoms with Crippen LogP contribution in [0.3, 0.4) is 0 Å². The lowest BCUT2D eigenvalue weighted by atomic mass is 9.90. The van der Waals surface area contributed by atoms with Gasteiger partial charge in [0.1, 0.15) is 0 Å². The van der Waals surface area contributed by atoms with Gasteiger partial charge in [-0.3, -0.25) is 0 Å². The predicted octanol–water partition coefficient (Wildman–Crippen LogP) is 2.77. The normalized spacial score (nSPS) is 25.6. The molecule has 2 aliphatic rings. The summed E-state index contributed by atoms with van der Waals surface area (Å²) in [7, 11) is 3.34. The molecule has 3 atom stereocenters. The van der Waals surface area contributed by atoms with Crippen LogP contribution < -0.4 is 20.3 Å². The fourth-order valence-corrected chi connectivity index (χ4v) is 3.78. The van der Waals surface area contributed by atoms with Crippen molar-refractivity contribution >= 4 is 0 Å². The van der Waals surface area contributed by atoms with Crippen molar-refractivity contribution in [1.29, 1.82) is 0 Å². The molecule has 0 amide bonds. The van der Waals surface area contributed by atoms with E-state index in [9.17, 15) is 0 Å². The van der Waals surface area contributed by atoms with Gasteiger partial charge in [-0.1, -0.05) is 30.3 Å². The van der Waals surface area contributed by atoms with Crippen LogP contribution in [0.5, 0.6) is 11.5 Å². The molecule has 0 saturated carbocycles. The summed E-state index contributed by atoms with van der Waals surface area (Å²) in [6.07, 6.45) is 1.10. The first-order valence-electron chi connectivity index (χ1n) is 7.62. The number of hydrogen-bond acceptors (Lipinski definition) is 4. The maximum Gasteiger partial charge on any atom is 0.161 e. The fourth-order valence-electron chi connectivity index (χ4n) is 3.78. The Labute approximate surface area is 130 Å². The predicted molar refractivity (Wildman–Crippen MR) is 84.9 cm³/mol. The van der Waals surface area contributed by atoms with E-state index < -0.39 is 0 Å². The molecule has 22 heavy (non-hydrogen) atoms. The molecular weight excluding hydrogens is 276 g/mol. The number of ether oxygens (including phenoxy) is 2. The third-order valence-electron chi connectivity index (χ3n) is 4.86. The maximum atomic E-state index is 5.44. The van der Waals surface area contributed by atoms with Crippen LogP contribution in [0.1, 0.15) is 28.8 Å². The third-order valence-corrected chi connectivity index (χ3v) is 4.86. The average molecular weight is 296 g/mol. The Morgan fingerprint density at radius 1 is 0.909 bits per heavy atom. The van der Waals surface area contributed by atoms with Crippen molar-refractivity contribution in [2.75, 3.05) is 14.2 Å². The summed E-state index contributed by atoms with van der Waals surface area (Å²) in [5.74, 6) is 2.07. The second-order valence-corrected chi connectivity index (χ2v) is 5.93. The molecule has 0 spiro atoms. The van der Waals surface area contributed by atoms with Crippen molar-refractivity contribution in [3.8, 4) is 11.5 Å². The summed E-state index contributed by atoms with van der Waals surface area (Å²) in [6.45, 7) is 0. The van der Waals surface area contributed by atoms with Crippen LogP contribution in [0, 0.1) is 5.92 Å². The molecule has 1 saturated heterocycles. The van der Waals surface area contributed by atoms with Gasteiger partial charge in [0.2, 0.25) is 0 Å². The number of hydrazine groups is 1. The van der Waals surface area contributed by atoms with E-state index in [0.29, 0.717) is 12.0 Å². The van der Waals surface area contributed by atoms with Crippen LogP contribution >= 0.6 is 0 Å². The molecule has 4 nitrogen and oxygen atoms in total.